The minimum atomic E-state index is 0.262. The smallest absolute Gasteiger partial charge is 0.0925 e. The molecule has 4 rings (SSSR count). The van der Waals surface area contributed by atoms with Crippen LogP contribution in [0.25, 0.3) is 16.6 Å². The van der Waals surface area contributed by atoms with Gasteiger partial charge >= 0.3 is 0 Å². The van der Waals surface area contributed by atoms with Gasteiger partial charge in [-0.2, -0.15) is 0 Å². The minimum Gasteiger partial charge on any atom is -0.396 e. The Morgan fingerprint density at radius 3 is 2.84 bits per heavy atom. The predicted octanol–water partition coefficient (Wildman–Crippen LogP) is 3.52. The van der Waals surface area contributed by atoms with E-state index in [0.29, 0.717) is 23.6 Å². The van der Waals surface area contributed by atoms with E-state index >= 15 is 0 Å². The highest BCUT2D eigenvalue weighted by molar-refractivity contribution is 9.10. The lowest BCUT2D eigenvalue weighted by molar-refractivity contribution is 0.133. The zero-order chi connectivity index (χ0) is 17.4. The number of hydrogen-bond donors (Lipinski definition) is 3. The van der Waals surface area contributed by atoms with Gasteiger partial charge in [-0.25, -0.2) is 4.98 Å². The monoisotopic (exact) mass is 400 g/mol. The summed E-state index contributed by atoms with van der Waals surface area (Å²) in [6.45, 7) is 0.262. The Bertz CT molecular complexity index is 840. The molecule has 3 N–H and O–H groups in total. The summed E-state index contributed by atoms with van der Waals surface area (Å²) < 4.78 is 0.980. The SMILES string of the molecule is N=C(/C(=C\NC1CC(CO)C1)c1cnc2cc(Br)ccc2n1)C1CC1. The van der Waals surface area contributed by atoms with E-state index in [1.807, 2.05) is 24.4 Å². The normalized spacial score (nSPS) is 23.4. The van der Waals surface area contributed by atoms with E-state index < -0.39 is 0 Å². The summed E-state index contributed by atoms with van der Waals surface area (Å²) in [5.41, 5.74) is 3.91. The number of aliphatic hydroxyl groups excluding tert-OH is 1. The minimum absolute atomic E-state index is 0.262. The zero-order valence-corrected chi connectivity index (χ0v) is 15.5. The summed E-state index contributed by atoms with van der Waals surface area (Å²) in [6.07, 6.45) is 7.83. The van der Waals surface area contributed by atoms with E-state index in [0.717, 1.165) is 52.5 Å². The molecule has 0 spiro atoms. The molecule has 0 amide bonds. The summed E-state index contributed by atoms with van der Waals surface area (Å²) in [5, 5.41) is 21.1. The predicted molar refractivity (Wildman–Crippen MR) is 102 cm³/mol. The lowest BCUT2D eigenvalue weighted by Crippen LogP contribution is -2.40. The molecule has 0 unspecified atom stereocenters. The number of benzene rings is 1. The van der Waals surface area contributed by atoms with Crippen molar-refractivity contribution >= 4 is 38.2 Å². The highest BCUT2D eigenvalue weighted by Gasteiger charge is 2.31. The van der Waals surface area contributed by atoms with Gasteiger partial charge in [-0.05, 0) is 49.8 Å². The summed E-state index contributed by atoms with van der Waals surface area (Å²) in [7, 11) is 0. The maximum atomic E-state index is 9.15. The van der Waals surface area contributed by atoms with Crippen LogP contribution >= 0.6 is 15.9 Å². The van der Waals surface area contributed by atoms with Crippen molar-refractivity contribution in [3.8, 4) is 0 Å². The molecule has 0 saturated heterocycles. The maximum absolute atomic E-state index is 9.15. The molecule has 5 nitrogen and oxygen atoms in total. The number of halogens is 1. The second-order valence-corrected chi connectivity index (χ2v) is 7.93. The van der Waals surface area contributed by atoms with Gasteiger partial charge in [-0.3, -0.25) is 4.98 Å². The van der Waals surface area contributed by atoms with Gasteiger partial charge in [0.25, 0.3) is 0 Å². The third-order valence-corrected chi connectivity index (χ3v) is 5.51. The molecular formula is C19H21BrN4O. The van der Waals surface area contributed by atoms with Crippen molar-refractivity contribution in [1.82, 2.24) is 15.3 Å². The number of fused-ring (bicyclic) bond motifs is 1. The first-order chi connectivity index (χ1) is 12.1. The van der Waals surface area contributed by atoms with E-state index in [-0.39, 0.29) is 6.61 Å². The highest BCUT2D eigenvalue weighted by atomic mass is 79.9. The van der Waals surface area contributed by atoms with Crippen molar-refractivity contribution in [3.63, 3.8) is 0 Å². The first-order valence-electron chi connectivity index (χ1n) is 8.72. The van der Waals surface area contributed by atoms with Gasteiger partial charge < -0.3 is 15.8 Å². The Balaban J connectivity index is 1.61. The van der Waals surface area contributed by atoms with Crippen LogP contribution in [0.3, 0.4) is 0 Å². The van der Waals surface area contributed by atoms with Gasteiger partial charge in [-0.15, -0.1) is 0 Å². The standard InChI is InChI=1S/C19H21BrN4O/c20-13-3-4-16-17(7-13)23-9-18(24-16)15(19(21)12-1-2-12)8-22-14-5-11(6-14)10-25/h3-4,7-9,11-12,14,21-22,25H,1-2,5-6,10H2/b15-8-,21-19?. The molecule has 2 aromatic rings. The first-order valence-corrected chi connectivity index (χ1v) is 9.52. The average molecular weight is 401 g/mol. The van der Waals surface area contributed by atoms with E-state index in [1.54, 1.807) is 6.20 Å². The van der Waals surface area contributed by atoms with Crippen molar-refractivity contribution in [2.45, 2.75) is 31.7 Å². The molecule has 2 saturated carbocycles. The van der Waals surface area contributed by atoms with Crippen LogP contribution in [0.4, 0.5) is 0 Å². The molecule has 1 aromatic carbocycles. The molecule has 0 atom stereocenters. The first kappa shape index (κ1) is 16.7. The number of hydrogen-bond acceptors (Lipinski definition) is 5. The molecule has 1 heterocycles. The quantitative estimate of drug-likeness (QED) is 0.647. The van der Waals surface area contributed by atoms with Crippen molar-refractivity contribution in [2.24, 2.45) is 11.8 Å². The number of allylic oxidation sites excluding steroid dienone is 1. The summed E-state index contributed by atoms with van der Waals surface area (Å²) in [4.78, 5) is 9.25. The molecule has 1 aromatic heterocycles. The lowest BCUT2D eigenvalue weighted by Gasteiger charge is -2.34. The summed E-state index contributed by atoms with van der Waals surface area (Å²) >= 11 is 3.46. The van der Waals surface area contributed by atoms with Crippen LogP contribution in [0.2, 0.25) is 0 Å². The van der Waals surface area contributed by atoms with Gasteiger partial charge in [0.05, 0.1) is 22.9 Å². The van der Waals surface area contributed by atoms with Crippen LogP contribution in [-0.2, 0) is 0 Å². The molecular weight excluding hydrogens is 380 g/mol. The third-order valence-electron chi connectivity index (χ3n) is 5.01. The fourth-order valence-corrected chi connectivity index (χ4v) is 3.57. The van der Waals surface area contributed by atoms with Gasteiger partial charge in [-0.1, -0.05) is 15.9 Å². The lowest BCUT2D eigenvalue weighted by atomic mass is 9.81. The van der Waals surface area contributed by atoms with E-state index in [1.165, 1.54) is 0 Å². The van der Waals surface area contributed by atoms with Crippen molar-refractivity contribution in [1.29, 1.82) is 5.41 Å². The number of aromatic nitrogens is 2. The average Bonchev–Trinajstić information content (AvgIpc) is 3.41. The van der Waals surface area contributed by atoms with Crippen molar-refractivity contribution in [3.05, 3.63) is 40.8 Å². The topological polar surface area (TPSA) is 81.9 Å². The van der Waals surface area contributed by atoms with Crippen LogP contribution in [0.15, 0.2) is 35.1 Å². The van der Waals surface area contributed by atoms with Gasteiger partial charge in [0, 0.05) is 40.5 Å². The molecule has 2 aliphatic carbocycles. The van der Waals surface area contributed by atoms with Crippen LogP contribution in [0, 0.1) is 17.2 Å². The Hall–Kier alpha value is -1.79. The Morgan fingerprint density at radius 2 is 2.12 bits per heavy atom. The third kappa shape index (κ3) is 3.60. The van der Waals surface area contributed by atoms with Gasteiger partial charge in [0.2, 0.25) is 0 Å². The van der Waals surface area contributed by atoms with E-state index in [2.05, 4.69) is 26.2 Å². The maximum Gasteiger partial charge on any atom is 0.0925 e. The van der Waals surface area contributed by atoms with Crippen LogP contribution < -0.4 is 5.32 Å². The number of rotatable bonds is 6. The Kier molecular flexibility index (Phi) is 4.56. The Morgan fingerprint density at radius 1 is 1.32 bits per heavy atom. The molecule has 2 fully saturated rings. The van der Waals surface area contributed by atoms with E-state index in [9.17, 15) is 0 Å². The van der Waals surface area contributed by atoms with Crippen LogP contribution in [0.1, 0.15) is 31.4 Å². The number of nitrogens with zero attached hydrogens (tertiary/aromatic N) is 2. The summed E-state index contributed by atoms with van der Waals surface area (Å²) in [6, 6.07) is 6.23. The van der Waals surface area contributed by atoms with Gasteiger partial charge in [0.15, 0.2) is 0 Å². The molecule has 25 heavy (non-hydrogen) atoms. The largest absolute Gasteiger partial charge is 0.396 e. The van der Waals surface area contributed by atoms with Gasteiger partial charge in [0.1, 0.15) is 0 Å². The molecule has 130 valence electrons. The molecule has 2 aliphatic rings. The van der Waals surface area contributed by atoms with Crippen molar-refractivity contribution in [2.75, 3.05) is 6.61 Å². The zero-order valence-electron chi connectivity index (χ0n) is 13.9. The second kappa shape index (κ2) is 6.84. The molecule has 0 bridgehead atoms. The Labute approximate surface area is 155 Å². The van der Waals surface area contributed by atoms with Crippen LogP contribution in [-0.4, -0.2) is 33.4 Å². The van der Waals surface area contributed by atoms with E-state index in [4.69, 9.17) is 15.5 Å². The summed E-state index contributed by atoms with van der Waals surface area (Å²) in [5.74, 6) is 0.762. The van der Waals surface area contributed by atoms with Crippen LogP contribution in [0.5, 0.6) is 0 Å². The fourth-order valence-electron chi connectivity index (χ4n) is 3.22. The highest BCUT2D eigenvalue weighted by Crippen LogP contribution is 2.35. The molecule has 6 heteroatoms. The van der Waals surface area contributed by atoms with Crippen molar-refractivity contribution < 1.29 is 5.11 Å². The second-order valence-electron chi connectivity index (χ2n) is 7.02. The molecule has 0 radical (unpaired) electrons. The number of aliphatic hydroxyl groups is 1. The molecule has 0 aliphatic heterocycles. The number of nitrogens with one attached hydrogen (secondary N) is 2. The fraction of sp³-hybridized carbons (Fsp3) is 0.421.